The van der Waals surface area contributed by atoms with Crippen molar-refractivity contribution in [2.45, 2.75) is 84.2 Å². The van der Waals surface area contributed by atoms with Gasteiger partial charge in [-0.05, 0) is 80.0 Å². The van der Waals surface area contributed by atoms with Crippen molar-refractivity contribution < 1.29 is 15.0 Å². The lowest BCUT2D eigenvalue weighted by atomic mass is 9.42. The summed E-state index contributed by atoms with van der Waals surface area (Å²) in [6.07, 6.45) is 12.9. The van der Waals surface area contributed by atoms with Crippen LogP contribution >= 0.6 is 0 Å². The van der Waals surface area contributed by atoms with E-state index in [1.165, 1.54) is 19.3 Å². The van der Waals surface area contributed by atoms with Gasteiger partial charge in [0.2, 0.25) is 0 Å². The van der Waals surface area contributed by atoms with E-state index in [0.29, 0.717) is 47.2 Å². The quantitative estimate of drug-likeness (QED) is 0.715. The topological polar surface area (TPSA) is 57.5 Å². The van der Waals surface area contributed by atoms with Crippen LogP contribution in [0.2, 0.25) is 0 Å². The average Bonchev–Trinajstić information content (AvgIpc) is 2.88. The predicted octanol–water partition coefficient (Wildman–Crippen LogP) is 4.51. The van der Waals surface area contributed by atoms with E-state index in [1.54, 1.807) is 0 Å². The van der Waals surface area contributed by atoms with Crippen LogP contribution in [0.3, 0.4) is 0 Å². The van der Waals surface area contributed by atoms with Crippen LogP contribution in [0.5, 0.6) is 0 Å². The minimum atomic E-state index is -0.719. The van der Waals surface area contributed by atoms with Crippen molar-refractivity contribution in [2.75, 3.05) is 6.61 Å². The Morgan fingerprint density at radius 2 is 1.81 bits per heavy atom. The van der Waals surface area contributed by atoms with E-state index >= 15 is 0 Å². The van der Waals surface area contributed by atoms with E-state index in [4.69, 9.17) is 5.11 Å². The lowest BCUT2D eigenvalue weighted by Gasteiger charge is -2.62. The number of hydrogen-bond donors (Lipinski definition) is 2. The second-order valence-electron chi connectivity index (χ2n) is 10.7. The molecular formula is C24H38O3. The van der Waals surface area contributed by atoms with Gasteiger partial charge in [0.15, 0.2) is 0 Å². The first-order chi connectivity index (χ1) is 12.8. The van der Waals surface area contributed by atoms with Crippen molar-refractivity contribution in [3.63, 3.8) is 0 Å². The summed E-state index contributed by atoms with van der Waals surface area (Å²) in [4.78, 5) is 12.2. The standard InChI is InChI=1S/C24H38O3/c1-16-14-18(26)15-17-6-7-19-20-9-12-24(27,10-4-5-13-25)22(20,2)11-8-21(19)23(16,17)3/h4,10,16-17,19-21,25,27H,5-9,11-15H2,1-3H3/t16-,17-,19-,20-,21-,22-,23-,24-/m0/s1. The zero-order valence-electron chi connectivity index (χ0n) is 17.4. The smallest absolute Gasteiger partial charge is 0.133 e. The predicted molar refractivity (Wildman–Crippen MR) is 107 cm³/mol. The molecule has 0 saturated heterocycles. The molecule has 4 fully saturated rings. The summed E-state index contributed by atoms with van der Waals surface area (Å²) in [7, 11) is 0. The average molecular weight is 375 g/mol. The third-order valence-electron chi connectivity index (χ3n) is 9.94. The number of carbonyl (C=O) groups is 1. The Bertz CT molecular complexity index is 627. The third kappa shape index (κ3) is 2.71. The Labute approximate surface area is 164 Å². The Hall–Kier alpha value is -0.670. The summed E-state index contributed by atoms with van der Waals surface area (Å²) < 4.78 is 0. The van der Waals surface area contributed by atoms with Gasteiger partial charge in [-0.3, -0.25) is 4.79 Å². The Morgan fingerprint density at radius 3 is 2.56 bits per heavy atom. The van der Waals surface area contributed by atoms with Crippen LogP contribution in [0.4, 0.5) is 0 Å². The first-order valence-corrected chi connectivity index (χ1v) is 11.3. The number of Topliss-reactive ketones (excluding diaryl/α,β-unsaturated/α-hetero) is 1. The van der Waals surface area contributed by atoms with Crippen molar-refractivity contribution in [3.8, 4) is 0 Å². The van der Waals surface area contributed by atoms with E-state index in [2.05, 4.69) is 20.8 Å². The first-order valence-electron chi connectivity index (χ1n) is 11.3. The van der Waals surface area contributed by atoms with E-state index < -0.39 is 5.60 Å². The molecule has 152 valence electrons. The summed E-state index contributed by atoms with van der Waals surface area (Å²) in [5.41, 5.74) is -0.466. The number of aliphatic hydroxyl groups is 2. The van der Waals surface area contributed by atoms with E-state index in [0.717, 1.165) is 32.1 Å². The number of hydrogen-bond acceptors (Lipinski definition) is 3. The molecule has 0 bridgehead atoms. The molecular weight excluding hydrogens is 336 g/mol. The Balaban J connectivity index is 1.62. The summed E-state index contributed by atoms with van der Waals surface area (Å²) >= 11 is 0. The summed E-state index contributed by atoms with van der Waals surface area (Å²) in [6, 6.07) is 0. The fraction of sp³-hybridized carbons (Fsp3) is 0.875. The molecule has 0 radical (unpaired) electrons. The van der Waals surface area contributed by atoms with Gasteiger partial charge in [-0.25, -0.2) is 0 Å². The van der Waals surface area contributed by atoms with Crippen LogP contribution < -0.4 is 0 Å². The maximum absolute atomic E-state index is 12.2. The molecule has 8 atom stereocenters. The van der Waals surface area contributed by atoms with Crippen molar-refractivity contribution in [3.05, 3.63) is 12.2 Å². The monoisotopic (exact) mass is 374 g/mol. The van der Waals surface area contributed by atoms with Gasteiger partial charge in [-0.15, -0.1) is 0 Å². The van der Waals surface area contributed by atoms with Crippen LogP contribution in [0.1, 0.15) is 78.6 Å². The number of aliphatic hydroxyl groups excluding tert-OH is 1. The Kier molecular flexibility index (Phi) is 4.87. The zero-order chi connectivity index (χ0) is 19.4. The molecule has 0 unspecified atom stereocenters. The molecule has 4 aliphatic rings. The molecule has 2 N–H and O–H groups in total. The molecule has 4 rings (SSSR count). The minimum absolute atomic E-state index is 0.0446. The molecule has 0 spiro atoms. The number of fused-ring (bicyclic) bond motifs is 5. The molecule has 0 aromatic heterocycles. The van der Waals surface area contributed by atoms with E-state index in [9.17, 15) is 9.90 Å². The van der Waals surface area contributed by atoms with E-state index in [-0.39, 0.29) is 12.0 Å². The lowest BCUT2D eigenvalue weighted by Crippen LogP contribution is -2.58. The number of carbonyl (C=O) groups excluding carboxylic acids is 1. The molecule has 0 aromatic rings. The summed E-state index contributed by atoms with van der Waals surface area (Å²) in [6.45, 7) is 7.29. The molecule has 0 heterocycles. The van der Waals surface area contributed by atoms with Crippen molar-refractivity contribution in [2.24, 2.45) is 40.4 Å². The van der Waals surface area contributed by atoms with Crippen molar-refractivity contribution >= 4 is 5.78 Å². The maximum Gasteiger partial charge on any atom is 0.133 e. The van der Waals surface area contributed by atoms with Gasteiger partial charge in [-0.1, -0.05) is 32.9 Å². The van der Waals surface area contributed by atoms with Gasteiger partial charge in [0.05, 0.1) is 5.60 Å². The van der Waals surface area contributed by atoms with Gasteiger partial charge in [0, 0.05) is 24.9 Å². The van der Waals surface area contributed by atoms with Crippen LogP contribution in [0, 0.1) is 40.4 Å². The third-order valence-corrected chi connectivity index (χ3v) is 9.94. The molecule has 0 aromatic carbocycles. The SMILES string of the molecule is C[C@H]1CC(=O)C[C@@H]2CC[C@@H]3[C@H](CC[C@@]4(C)[C@H]3CC[C@@]4(O)C=CCCO)[C@]21C. The second kappa shape index (κ2) is 6.69. The molecule has 3 heteroatoms. The van der Waals surface area contributed by atoms with Crippen LogP contribution in [-0.4, -0.2) is 28.2 Å². The maximum atomic E-state index is 12.2. The van der Waals surface area contributed by atoms with Gasteiger partial charge in [0.25, 0.3) is 0 Å². The molecule has 4 aliphatic carbocycles. The minimum Gasteiger partial charge on any atom is -0.396 e. The van der Waals surface area contributed by atoms with Gasteiger partial charge in [0.1, 0.15) is 5.78 Å². The van der Waals surface area contributed by atoms with Crippen LogP contribution in [0.15, 0.2) is 12.2 Å². The molecule has 27 heavy (non-hydrogen) atoms. The fourth-order valence-corrected chi connectivity index (χ4v) is 8.16. The number of ketones is 1. The molecule has 0 aliphatic heterocycles. The van der Waals surface area contributed by atoms with Gasteiger partial charge < -0.3 is 10.2 Å². The largest absolute Gasteiger partial charge is 0.396 e. The van der Waals surface area contributed by atoms with Crippen LogP contribution in [0.25, 0.3) is 0 Å². The molecule has 4 saturated carbocycles. The lowest BCUT2D eigenvalue weighted by molar-refractivity contribution is -0.161. The highest BCUT2D eigenvalue weighted by atomic mass is 16.3. The fourth-order valence-electron chi connectivity index (χ4n) is 8.16. The van der Waals surface area contributed by atoms with Gasteiger partial charge in [-0.2, -0.15) is 0 Å². The Morgan fingerprint density at radius 1 is 1.07 bits per heavy atom. The van der Waals surface area contributed by atoms with E-state index in [1.807, 2.05) is 12.2 Å². The number of rotatable bonds is 3. The highest BCUT2D eigenvalue weighted by Crippen LogP contribution is 2.69. The summed E-state index contributed by atoms with van der Waals surface area (Å²) in [5, 5.41) is 20.6. The van der Waals surface area contributed by atoms with Gasteiger partial charge >= 0.3 is 0 Å². The first kappa shape index (κ1) is 19.6. The molecule has 0 amide bonds. The second-order valence-corrected chi connectivity index (χ2v) is 10.7. The highest BCUT2D eigenvalue weighted by molar-refractivity contribution is 5.80. The van der Waals surface area contributed by atoms with Crippen molar-refractivity contribution in [1.82, 2.24) is 0 Å². The normalized spacial score (nSPS) is 52.5. The summed E-state index contributed by atoms with van der Waals surface area (Å²) in [5.74, 6) is 3.54. The molecule has 3 nitrogen and oxygen atoms in total. The zero-order valence-corrected chi connectivity index (χ0v) is 17.4. The van der Waals surface area contributed by atoms with Crippen molar-refractivity contribution in [1.29, 1.82) is 0 Å². The highest BCUT2D eigenvalue weighted by Gasteiger charge is 2.64. The van der Waals surface area contributed by atoms with Crippen LogP contribution in [-0.2, 0) is 4.79 Å².